The second-order valence-corrected chi connectivity index (χ2v) is 7.82. The first-order valence-electron chi connectivity index (χ1n) is 10.7. The SMILES string of the molecule is CCN(CC)c1ccc(/C=N\N2CCN(Cc3ccc(C)cc3C)CC2)c(O)c1. The van der Waals surface area contributed by atoms with Crippen LogP contribution in [0.2, 0.25) is 0 Å². The Morgan fingerprint density at radius 2 is 1.72 bits per heavy atom. The fourth-order valence-corrected chi connectivity index (χ4v) is 3.85. The van der Waals surface area contributed by atoms with Gasteiger partial charge in [-0.25, -0.2) is 0 Å². The number of benzene rings is 2. The number of nitrogens with zero attached hydrogens (tertiary/aromatic N) is 4. The lowest BCUT2D eigenvalue weighted by molar-refractivity contribution is 0.131. The van der Waals surface area contributed by atoms with Crippen molar-refractivity contribution in [2.75, 3.05) is 44.2 Å². The van der Waals surface area contributed by atoms with Gasteiger partial charge in [0.15, 0.2) is 0 Å². The zero-order valence-electron chi connectivity index (χ0n) is 18.2. The van der Waals surface area contributed by atoms with E-state index in [1.165, 1.54) is 16.7 Å². The summed E-state index contributed by atoms with van der Waals surface area (Å²) in [5.74, 6) is 0.284. The molecule has 0 saturated carbocycles. The van der Waals surface area contributed by atoms with Crippen LogP contribution in [0.4, 0.5) is 5.69 Å². The summed E-state index contributed by atoms with van der Waals surface area (Å²) < 4.78 is 0. The smallest absolute Gasteiger partial charge is 0.126 e. The van der Waals surface area contributed by atoms with Gasteiger partial charge in [0.05, 0.1) is 6.21 Å². The summed E-state index contributed by atoms with van der Waals surface area (Å²) in [6.07, 6.45) is 1.78. The maximum absolute atomic E-state index is 10.4. The maximum Gasteiger partial charge on any atom is 0.126 e. The largest absolute Gasteiger partial charge is 0.507 e. The summed E-state index contributed by atoms with van der Waals surface area (Å²) in [6, 6.07) is 12.5. The fourth-order valence-electron chi connectivity index (χ4n) is 3.85. The van der Waals surface area contributed by atoms with Gasteiger partial charge in [0, 0.05) is 63.1 Å². The van der Waals surface area contributed by atoms with E-state index >= 15 is 0 Å². The second kappa shape index (κ2) is 9.79. The molecular formula is C24H34N4O. The highest BCUT2D eigenvalue weighted by atomic mass is 16.3. The average molecular weight is 395 g/mol. The first-order chi connectivity index (χ1) is 14.0. The molecule has 5 nitrogen and oxygen atoms in total. The summed E-state index contributed by atoms with van der Waals surface area (Å²) in [4.78, 5) is 4.70. The van der Waals surface area contributed by atoms with Crippen LogP contribution in [0.5, 0.6) is 5.75 Å². The molecule has 156 valence electrons. The molecule has 0 unspecified atom stereocenters. The van der Waals surface area contributed by atoms with Gasteiger partial charge < -0.3 is 10.0 Å². The molecule has 2 aromatic carbocycles. The molecule has 0 amide bonds. The molecule has 0 bridgehead atoms. The number of phenolic OH excluding ortho intramolecular Hbond substituents is 1. The van der Waals surface area contributed by atoms with Crippen molar-refractivity contribution in [1.29, 1.82) is 0 Å². The van der Waals surface area contributed by atoms with Crippen LogP contribution < -0.4 is 4.90 Å². The van der Waals surface area contributed by atoms with E-state index in [9.17, 15) is 5.11 Å². The van der Waals surface area contributed by atoms with Crippen LogP contribution in [0.3, 0.4) is 0 Å². The molecule has 1 N–H and O–H groups in total. The lowest BCUT2D eigenvalue weighted by Gasteiger charge is -2.33. The number of aromatic hydroxyl groups is 1. The van der Waals surface area contributed by atoms with E-state index in [1.54, 1.807) is 6.21 Å². The molecule has 3 rings (SSSR count). The Morgan fingerprint density at radius 1 is 1.00 bits per heavy atom. The van der Waals surface area contributed by atoms with Crippen LogP contribution in [0.1, 0.15) is 36.1 Å². The number of rotatable bonds is 7. The van der Waals surface area contributed by atoms with E-state index in [0.717, 1.165) is 57.1 Å². The molecule has 0 aromatic heterocycles. The number of phenols is 1. The summed E-state index contributed by atoms with van der Waals surface area (Å²) in [7, 11) is 0. The predicted octanol–water partition coefficient (Wildman–Crippen LogP) is 4.01. The van der Waals surface area contributed by atoms with Crippen LogP contribution in [0.15, 0.2) is 41.5 Å². The normalized spacial score (nSPS) is 15.2. The van der Waals surface area contributed by atoms with Crippen molar-refractivity contribution in [1.82, 2.24) is 9.91 Å². The zero-order chi connectivity index (χ0) is 20.8. The summed E-state index contributed by atoms with van der Waals surface area (Å²) >= 11 is 0. The van der Waals surface area contributed by atoms with E-state index in [-0.39, 0.29) is 5.75 Å². The van der Waals surface area contributed by atoms with Crippen molar-refractivity contribution in [2.24, 2.45) is 5.10 Å². The Balaban J connectivity index is 1.54. The average Bonchev–Trinajstić information content (AvgIpc) is 2.71. The Hall–Kier alpha value is -2.53. The minimum Gasteiger partial charge on any atom is -0.507 e. The molecule has 1 heterocycles. The van der Waals surface area contributed by atoms with Crippen LogP contribution in [0.25, 0.3) is 0 Å². The Morgan fingerprint density at radius 3 is 2.34 bits per heavy atom. The lowest BCUT2D eigenvalue weighted by Crippen LogP contribution is -2.43. The maximum atomic E-state index is 10.4. The van der Waals surface area contributed by atoms with Crippen molar-refractivity contribution in [2.45, 2.75) is 34.2 Å². The van der Waals surface area contributed by atoms with E-state index in [1.807, 2.05) is 12.1 Å². The lowest BCUT2D eigenvalue weighted by atomic mass is 10.1. The van der Waals surface area contributed by atoms with Crippen molar-refractivity contribution in [3.05, 3.63) is 58.7 Å². The third-order valence-corrected chi connectivity index (χ3v) is 5.74. The fraction of sp³-hybridized carbons (Fsp3) is 0.458. The third-order valence-electron chi connectivity index (χ3n) is 5.74. The Kier molecular flexibility index (Phi) is 7.15. The highest BCUT2D eigenvalue weighted by molar-refractivity contribution is 5.84. The van der Waals surface area contributed by atoms with Gasteiger partial charge in [-0.15, -0.1) is 0 Å². The van der Waals surface area contributed by atoms with E-state index in [2.05, 4.69) is 71.9 Å². The molecule has 0 aliphatic carbocycles. The van der Waals surface area contributed by atoms with Gasteiger partial charge in [-0.3, -0.25) is 9.91 Å². The molecule has 1 fully saturated rings. The topological polar surface area (TPSA) is 42.3 Å². The van der Waals surface area contributed by atoms with Crippen LogP contribution >= 0.6 is 0 Å². The number of anilines is 1. The second-order valence-electron chi connectivity index (χ2n) is 7.82. The monoisotopic (exact) mass is 394 g/mol. The first-order valence-corrected chi connectivity index (χ1v) is 10.7. The van der Waals surface area contributed by atoms with Gasteiger partial charge in [-0.1, -0.05) is 23.8 Å². The van der Waals surface area contributed by atoms with Crippen LogP contribution in [0, 0.1) is 13.8 Å². The predicted molar refractivity (Wildman–Crippen MR) is 122 cm³/mol. The zero-order valence-corrected chi connectivity index (χ0v) is 18.2. The molecular weight excluding hydrogens is 360 g/mol. The van der Waals surface area contributed by atoms with Gasteiger partial charge in [-0.2, -0.15) is 5.10 Å². The molecule has 5 heteroatoms. The van der Waals surface area contributed by atoms with Crippen LogP contribution in [-0.2, 0) is 6.54 Å². The first kappa shape index (κ1) is 21.2. The summed E-state index contributed by atoms with van der Waals surface area (Å²) in [6.45, 7) is 15.2. The number of aryl methyl sites for hydroxylation is 2. The highest BCUT2D eigenvalue weighted by Crippen LogP contribution is 2.24. The van der Waals surface area contributed by atoms with Crippen molar-refractivity contribution < 1.29 is 5.11 Å². The van der Waals surface area contributed by atoms with Crippen molar-refractivity contribution >= 4 is 11.9 Å². The van der Waals surface area contributed by atoms with Crippen molar-refractivity contribution in [3.63, 3.8) is 0 Å². The van der Waals surface area contributed by atoms with Gasteiger partial charge >= 0.3 is 0 Å². The Bertz CT molecular complexity index is 837. The van der Waals surface area contributed by atoms with Gasteiger partial charge in [-0.05, 0) is 51.0 Å². The minimum absolute atomic E-state index is 0.284. The number of hydrogen-bond acceptors (Lipinski definition) is 5. The van der Waals surface area contributed by atoms with E-state index in [0.29, 0.717) is 0 Å². The summed E-state index contributed by atoms with van der Waals surface area (Å²) in [5, 5.41) is 17.1. The van der Waals surface area contributed by atoms with Gasteiger partial charge in [0.2, 0.25) is 0 Å². The molecule has 0 atom stereocenters. The third kappa shape index (κ3) is 5.51. The standard InChI is InChI=1S/C24H34N4O/c1-5-27(6-2)23-10-9-21(24(29)16-23)17-25-28-13-11-26(12-14-28)18-22-8-7-19(3)15-20(22)4/h7-10,15-17,29H,5-6,11-14,18H2,1-4H3/b25-17-. The number of hydrazone groups is 1. The number of hydrogen-bond donors (Lipinski definition) is 1. The highest BCUT2D eigenvalue weighted by Gasteiger charge is 2.16. The molecule has 2 aromatic rings. The van der Waals surface area contributed by atoms with Crippen LogP contribution in [-0.4, -0.2) is 60.5 Å². The molecule has 1 aliphatic rings. The van der Waals surface area contributed by atoms with Gasteiger partial charge in [0.1, 0.15) is 5.75 Å². The van der Waals surface area contributed by atoms with E-state index < -0.39 is 0 Å². The molecule has 0 spiro atoms. The minimum atomic E-state index is 0.284. The van der Waals surface area contributed by atoms with E-state index in [4.69, 9.17) is 0 Å². The molecule has 29 heavy (non-hydrogen) atoms. The molecule has 1 aliphatic heterocycles. The number of piperazine rings is 1. The van der Waals surface area contributed by atoms with Crippen molar-refractivity contribution in [3.8, 4) is 5.75 Å². The van der Waals surface area contributed by atoms with Gasteiger partial charge in [0.25, 0.3) is 0 Å². The molecule has 1 saturated heterocycles. The Labute approximate surface area is 175 Å². The molecule has 0 radical (unpaired) electrons. The quantitative estimate of drug-likeness (QED) is 0.721. The summed E-state index contributed by atoms with van der Waals surface area (Å²) in [5.41, 5.74) is 5.90.